The maximum absolute atomic E-state index is 11.8. The number of amides is 2. The molecule has 1 atom stereocenters. The third-order valence-corrected chi connectivity index (χ3v) is 3.83. The van der Waals surface area contributed by atoms with Crippen molar-refractivity contribution in [1.82, 2.24) is 10.6 Å². The van der Waals surface area contributed by atoms with Crippen molar-refractivity contribution < 1.29 is 9.90 Å². The van der Waals surface area contributed by atoms with Gasteiger partial charge in [0.05, 0.1) is 5.60 Å². The zero-order valence-corrected chi connectivity index (χ0v) is 12.6. The van der Waals surface area contributed by atoms with E-state index < -0.39 is 5.60 Å². The van der Waals surface area contributed by atoms with Crippen LogP contribution in [0.25, 0.3) is 0 Å². The average Bonchev–Trinajstić information content (AvgIpc) is 2.92. The molecule has 4 N–H and O–H groups in total. The van der Waals surface area contributed by atoms with Crippen LogP contribution in [0.1, 0.15) is 31.7 Å². The number of benzene rings is 1. The van der Waals surface area contributed by atoms with E-state index in [9.17, 15) is 9.90 Å². The molecule has 1 aromatic carbocycles. The molecule has 2 amide bonds. The van der Waals surface area contributed by atoms with Crippen molar-refractivity contribution in [1.29, 1.82) is 0 Å². The van der Waals surface area contributed by atoms with Gasteiger partial charge in [-0.1, -0.05) is 25.5 Å². The van der Waals surface area contributed by atoms with Crippen LogP contribution in [0, 0.1) is 0 Å². The maximum atomic E-state index is 11.8. The molecule has 5 heteroatoms. The summed E-state index contributed by atoms with van der Waals surface area (Å²) in [6, 6.07) is 7.63. The van der Waals surface area contributed by atoms with Gasteiger partial charge in [-0.2, -0.15) is 0 Å². The number of urea groups is 1. The summed E-state index contributed by atoms with van der Waals surface area (Å²) in [6.45, 7) is 3.76. The van der Waals surface area contributed by atoms with E-state index in [1.807, 2.05) is 24.3 Å². The topological polar surface area (TPSA) is 73.4 Å². The number of anilines is 1. The molecule has 1 aliphatic rings. The number of rotatable bonds is 6. The Bertz CT molecular complexity index is 453. The second-order valence-corrected chi connectivity index (χ2v) is 5.76. The number of unbranched alkanes of at least 4 members (excludes halogenated alkanes) is 1. The minimum Gasteiger partial charge on any atom is -0.387 e. The number of hydrogen-bond acceptors (Lipinski definition) is 3. The Morgan fingerprint density at radius 3 is 2.76 bits per heavy atom. The van der Waals surface area contributed by atoms with Crippen molar-refractivity contribution in [3.63, 3.8) is 0 Å². The van der Waals surface area contributed by atoms with Gasteiger partial charge in [0.1, 0.15) is 0 Å². The lowest BCUT2D eigenvalue weighted by Crippen LogP contribution is -2.45. The first-order chi connectivity index (χ1) is 10.1. The van der Waals surface area contributed by atoms with Crippen molar-refractivity contribution in [2.75, 3.05) is 25.0 Å². The Morgan fingerprint density at radius 1 is 1.38 bits per heavy atom. The van der Waals surface area contributed by atoms with Gasteiger partial charge in [-0.3, -0.25) is 0 Å². The Morgan fingerprint density at radius 2 is 2.14 bits per heavy atom. The van der Waals surface area contributed by atoms with E-state index in [2.05, 4.69) is 22.9 Å². The van der Waals surface area contributed by atoms with Crippen LogP contribution in [0.2, 0.25) is 0 Å². The average molecular weight is 291 g/mol. The number of carbonyl (C=O) groups is 1. The summed E-state index contributed by atoms with van der Waals surface area (Å²) < 4.78 is 0. The van der Waals surface area contributed by atoms with E-state index in [1.165, 1.54) is 18.4 Å². The fourth-order valence-corrected chi connectivity index (χ4v) is 2.44. The van der Waals surface area contributed by atoms with Crippen LogP contribution in [0.15, 0.2) is 24.3 Å². The lowest BCUT2D eigenvalue weighted by Gasteiger charge is -2.21. The highest BCUT2D eigenvalue weighted by Crippen LogP contribution is 2.13. The zero-order chi connectivity index (χ0) is 15.1. The van der Waals surface area contributed by atoms with Crippen LogP contribution in [0.5, 0.6) is 0 Å². The van der Waals surface area contributed by atoms with Crippen LogP contribution in [0.3, 0.4) is 0 Å². The Balaban J connectivity index is 1.76. The summed E-state index contributed by atoms with van der Waals surface area (Å²) in [4.78, 5) is 11.8. The minimum absolute atomic E-state index is 0.264. The minimum atomic E-state index is -0.818. The van der Waals surface area contributed by atoms with E-state index in [4.69, 9.17) is 0 Å². The Kier molecular flexibility index (Phi) is 5.59. The Hall–Kier alpha value is -1.59. The molecule has 0 saturated carbocycles. The highest BCUT2D eigenvalue weighted by Gasteiger charge is 2.31. The summed E-state index contributed by atoms with van der Waals surface area (Å²) in [5.74, 6) is 0. The third-order valence-electron chi connectivity index (χ3n) is 3.83. The number of aryl methyl sites for hydroxylation is 1. The molecule has 0 bridgehead atoms. The molecule has 116 valence electrons. The SMILES string of the molecule is CCCCc1ccc(NC(=O)NCC2(O)CCNC2)cc1. The molecule has 21 heavy (non-hydrogen) atoms. The first-order valence-electron chi connectivity index (χ1n) is 7.68. The fourth-order valence-electron chi connectivity index (χ4n) is 2.44. The lowest BCUT2D eigenvalue weighted by atomic mass is 10.0. The quantitative estimate of drug-likeness (QED) is 0.646. The first kappa shape index (κ1) is 15.8. The van der Waals surface area contributed by atoms with Gasteiger partial charge in [0.25, 0.3) is 0 Å². The predicted octanol–water partition coefficient (Wildman–Crippen LogP) is 1.88. The summed E-state index contributed by atoms with van der Waals surface area (Å²) in [7, 11) is 0. The molecular weight excluding hydrogens is 266 g/mol. The second-order valence-electron chi connectivity index (χ2n) is 5.76. The van der Waals surface area contributed by atoms with Crippen molar-refractivity contribution in [3.8, 4) is 0 Å². The van der Waals surface area contributed by atoms with Gasteiger partial charge in [-0.25, -0.2) is 4.79 Å². The third kappa shape index (κ3) is 5.02. The van der Waals surface area contributed by atoms with Gasteiger partial charge in [-0.05, 0) is 43.5 Å². The monoisotopic (exact) mass is 291 g/mol. The first-order valence-corrected chi connectivity index (χ1v) is 7.68. The highest BCUT2D eigenvalue weighted by molar-refractivity contribution is 5.89. The van der Waals surface area contributed by atoms with Gasteiger partial charge < -0.3 is 21.1 Å². The van der Waals surface area contributed by atoms with E-state index in [0.29, 0.717) is 13.0 Å². The van der Waals surface area contributed by atoms with Gasteiger partial charge >= 0.3 is 6.03 Å². The molecule has 0 spiro atoms. The second kappa shape index (κ2) is 7.43. The molecule has 1 heterocycles. The molecule has 1 fully saturated rings. The number of carbonyl (C=O) groups excluding carboxylic acids is 1. The van der Waals surface area contributed by atoms with Crippen LogP contribution < -0.4 is 16.0 Å². The number of hydrogen-bond donors (Lipinski definition) is 4. The summed E-state index contributed by atoms with van der Waals surface area (Å²) in [6.07, 6.45) is 4.10. The van der Waals surface area contributed by atoms with Gasteiger partial charge in [0, 0.05) is 18.8 Å². The van der Waals surface area contributed by atoms with Crippen molar-refractivity contribution in [3.05, 3.63) is 29.8 Å². The van der Waals surface area contributed by atoms with Gasteiger partial charge in [0.15, 0.2) is 0 Å². The molecule has 1 aliphatic heterocycles. The molecule has 1 unspecified atom stereocenters. The van der Waals surface area contributed by atoms with Crippen molar-refractivity contribution in [2.45, 2.75) is 38.2 Å². The molecule has 1 aromatic rings. The smallest absolute Gasteiger partial charge is 0.319 e. The summed E-state index contributed by atoms with van der Waals surface area (Å²) >= 11 is 0. The van der Waals surface area contributed by atoms with Crippen LogP contribution >= 0.6 is 0 Å². The van der Waals surface area contributed by atoms with Gasteiger partial charge in [0.2, 0.25) is 0 Å². The predicted molar refractivity (Wildman–Crippen MR) is 84.5 cm³/mol. The largest absolute Gasteiger partial charge is 0.387 e. The van der Waals surface area contributed by atoms with Crippen molar-refractivity contribution in [2.24, 2.45) is 0 Å². The zero-order valence-electron chi connectivity index (χ0n) is 12.6. The van der Waals surface area contributed by atoms with Gasteiger partial charge in [-0.15, -0.1) is 0 Å². The molecule has 0 radical (unpaired) electrons. The van der Waals surface area contributed by atoms with E-state index in [1.54, 1.807) is 0 Å². The van der Waals surface area contributed by atoms with Crippen LogP contribution in [0.4, 0.5) is 10.5 Å². The number of aliphatic hydroxyl groups is 1. The molecule has 5 nitrogen and oxygen atoms in total. The number of β-amino-alcohol motifs (C(OH)–C–C–N with tert-alkyl or cyclic N) is 1. The Labute approximate surface area is 126 Å². The van der Waals surface area contributed by atoms with Crippen molar-refractivity contribution >= 4 is 11.7 Å². The van der Waals surface area contributed by atoms with Crippen LogP contribution in [-0.2, 0) is 6.42 Å². The fraction of sp³-hybridized carbons (Fsp3) is 0.562. The normalized spacial score (nSPS) is 21.2. The van der Waals surface area contributed by atoms with E-state index in [0.717, 1.165) is 18.7 Å². The van der Waals surface area contributed by atoms with E-state index in [-0.39, 0.29) is 12.6 Å². The molecule has 1 saturated heterocycles. The molecule has 0 aromatic heterocycles. The molecule has 2 rings (SSSR count). The lowest BCUT2D eigenvalue weighted by molar-refractivity contribution is 0.0640. The summed E-state index contributed by atoms with van der Waals surface area (Å²) in [5, 5.41) is 18.7. The summed E-state index contributed by atoms with van der Waals surface area (Å²) in [5.41, 5.74) is 1.24. The molecule has 0 aliphatic carbocycles. The number of nitrogens with one attached hydrogen (secondary N) is 3. The van der Waals surface area contributed by atoms with E-state index >= 15 is 0 Å². The highest BCUT2D eigenvalue weighted by atomic mass is 16.3. The maximum Gasteiger partial charge on any atom is 0.319 e. The molecular formula is C16H25N3O2. The van der Waals surface area contributed by atoms with Crippen LogP contribution in [-0.4, -0.2) is 36.4 Å². The standard InChI is InChI=1S/C16H25N3O2/c1-2-3-4-13-5-7-14(8-6-13)19-15(20)18-12-16(21)9-10-17-11-16/h5-8,17,21H,2-4,9-12H2,1H3,(H2,18,19,20).